The summed E-state index contributed by atoms with van der Waals surface area (Å²) in [6, 6.07) is 58.0. The quantitative estimate of drug-likeness (QED) is 0.159. The summed E-state index contributed by atoms with van der Waals surface area (Å²) in [5, 5.41) is 6.55. The highest BCUT2D eigenvalue weighted by Gasteiger charge is 2.16. The summed E-state index contributed by atoms with van der Waals surface area (Å²) in [7, 11) is 0. The van der Waals surface area contributed by atoms with Gasteiger partial charge in [-0.05, 0) is 119 Å². The molecule has 0 N–H and O–H groups in total. The molecule has 0 saturated carbocycles. The van der Waals surface area contributed by atoms with Crippen molar-refractivity contribution in [2.45, 2.75) is 0 Å². The maximum Gasteiger partial charge on any atom is 0.124 e. The number of benzene rings is 7. The number of nitrogens with zero attached hydrogens (tertiary/aromatic N) is 5. The van der Waals surface area contributed by atoms with Crippen LogP contribution in [-0.2, 0) is 0 Å². The van der Waals surface area contributed by atoms with E-state index in [2.05, 4.69) is 155 Å². The Morgan fingerprint density at radius 1 is 0.382 bits per heavy atom. The van der Waals surface area contributed by atoms with Crippen LogP contribution in [0.25, 0.3) is 85.3 Å². The van der Waals surface area contributed by atoms with E-state index in [4.69, 9.17) is 15.0 Å². The highest BCUT2D eigenvalue weighted by atomic mass is 32.1. The predicted molar refractivity (Wildman–Crippen MR) is 232 cm³/mol. The minimum absolute atomic E-state index is 0.925. The van der Waals surface area contributed by atoms with Crippen molar-refractivity contribution in [2.24, 2.45) is 0 Å². The van der Waals surface area contributed by atoms with E-state index in [0.717, 1.165) is 87.6 Å². The number of aromatic nitrogens is 4. The first-order chi connectivity index (χ1) is 27.2. The smallest absolute Gasteiger partial charge is 0.124 e. The van der Waals surface area contributed by atoms with E-state index >= 15 is 0 Å². The summed E-state index contributed by atoms with van der Waals surface area (Å²) in [4.78, 5) is 21.6. The zero-order chi connectivity index (χ0) is 36.3. The first-order valence-electron chi connectivity index (χ1n) is 18.1. The lowest BCUT2D eigenvalue weighted by Gasteiger charge is -2.26. The third-order valence-electron chi connectivity index (χ3n) is 10.2. The molecule has 4 aromatic heterocycles. The van der Waals surface area contributed by atoms with E-state index in [0.29, 0.717) is 0 Å². The van der Waals surface area contributed by atoms with Crippen LogP contribution >= 0.6 is 22.7 Å². The van der Waals surface area contributed by atoms with Crippen LogP contribution in [0.2, 0.25) is 0 Å². The predicted octanol–water partition coefficient (Wildman–Crippen LogP) is 13.6. The van der Waals surface area contributed by atoms with Gasteiger partial charge in [0.25, 0.3) is 0 Å². The maximum absolute atomic E-state index is 4.91. The monoisotopic (exact) mass is 739 g/mol. The Morgan fingerprint density at radius 2 is 0.909 bits per heavy atom. The fourth-order valence-electron chi connectivity index (χ4n) is 7.39. The molecule has 11 rings (SSSR count). The van der Waals surface area contributed by atoms with Crippen molar-refractivity contribution in [1.82, 2.24) is 19.9 Å². The highest BCUT2D eigenvalue weighted by Crippen LogP contribution is 2.40. The van der Waals surface area contributed by atoms with E-state index in [1.165, 1.54) is 14.8 Å². The summed E-state index contributed by atoms with van der Waals surface area (Å²) in [6.07, 6.45) is 3.79. The van der Waals surface area contributed by atoms with Crippen LogP contribution in [0.4, 0.5) is 17.1 Å². The maximum atomic E-state index is 4.91. The van der Waals surface area contributed by atoms with Crippen LogP contribution in [0.3, 0.4) is 0 Å². The Balaban J connectivity index is 0.969. The first-order valence-corrected chi connectivity index (χ1v) is 19.7. The first kappa shape index (κ1) is 31.7. The van der Waals surface area contributed by atoms with Gasteiger partial charge in [-0.25, -0.2) is 9.97 Å². The molecule has 258 valence electrons. The van der Waals surface area contributed by atoms with Crippen LogP contribution in [0, 0.1) is 0 Å². The summed E-state index contributed by atoms with van der Waals surface area (Å²) < 4.78 is 2.39. The number of para-hydroxylation sites is 2. The van der Waals surface area contributed by atoms with Gasteiger partial charge in [0, 0.05) is 56.9 Å². The molecule has 0 bridgehead atoms. The second kappa shape index (κ2) is 13.0. The Hall–Kier alpha value is -6.80. The van der Waals surface area contributed by atoms with Crippen molar-refractivity contribution in [3.8, 4) is 32.3 Å². The van der Waals surface area contributed by atoms with E-state index in [1.807, 2.05) is 30.6 Å². The van der Waals surface area contributed by atoms with E-state index in [1.54, 1.807) is 22.7 Å². The van der Waals surface area contributed by atoms with Gasteiger partial charge >= 0.3 is 0 Å². The van der Waals surface area contributed by atoms with E-state index in [-0.39, 0.29) is 0 Å². The van der Waals surface area contributed by atoms with Gasteiger partial charge in [-0.2, -0.15) is 0 Å². The topological polar surface area (TPSA) is 54.8 Å². The number of hydrogen-bond donors (Lipinski definition) is 0. The number of hydrogen-bond acceptors (Lipinski definition) is 7. The molecule has 7 heteroatoms. The van der Waals surface area contributed by atoms with Gasteiger partial charge in [-0.3, -0.25) is 9.97 Å². The van der Waals surface area contributed by atoms with Crippen LogP contribution in [0.5, 0.6) is 0 Å². The van der Waals surface area contributed by atoms with Crippen LogP contribution < -0.4 is 4.90 Å². The van der Waals surface area contributed by atoms with E-state index in [9.17, 15) is 0 Å². The van der Waals surface area contributed by atoms with E-state index < -0.39 is 0 Å². The van der Waals surface area contributed by atoms with Crippen LogP contribution in [0.15, 0.2) is 176 Å². The second-order valence-corrected chi connectivity index (χ2v) is 15.6. The Labute approximate surface area is 324 Å². The molecule has 0 aliphatic carbocycles. The highest BCUT2D eigenvalue weighted by molar-refractivity contribution is 7.22. The summed E-state index contributed by atoms with van der Waals surface area (Å²) in [5.41, 5.74) is 11.5. The van der Waals surface area contributed by atoms with Crippen molar-refractivity contribution in [1.29, 1.82) is 0 Å². The molecule has 0 unspecified atom stereocenters. The minimum atomic E-state index is 0.925. The van der Waals surface area contributed by atoms with Gasteiger partial charge in [0.2, 0.25) is 0 Å². The summed E-state index contributed by atoms with van der Waals surface area (Å²) in [6.45, 7) is 0. The molecule has 0 spiro atoms. The molecule has 0 amide bonds. The SMILES string of the molecule is c1cnc2c(c1)ccc1cc(-c3ccc4cc(N(c5ccc(-c6nc7ccccc7s6)cc5)c5ccc(-c6nc7ccccc7s6)cc5)ccc4c3)cnc12. The van der Waals surface area contributed by atoms with Crippen molar-refractivity contribution in [3.63, 3.8) is 0 Å². The molecule has 4 heterocycles. The third-order valence-corrected chi connectivity index (χ3v) is 12.3. The minimum Gasteiger partial charge on any atom is -0.310 e. The standard InChI is InChI=1S/C48H29N5S2/c1-3-9-43-41(7-1)51-47(54-43)31-15-20-38(21-16-31)53(39-22-17-32(18-23-39)48-52-42-8-2-4-10-44(42)55-48)40-24-19-33-26-34(12-13-35(33)28-40)37-27-36-14-11-30-6-5-25-49-45(30)46(36)50-29-37/h1-29H. The third kappa shape index (κ3) is 5.69. The fourth-order valence-corrected chi connectivity index (χ4v) is 9.33. The molecular weight excluding hydrogens is 711 g/mol. The molecule has 0 fully saturated rings. The van der Waals surface area contributed by atoms with Crippen molar-refractivity contribution in [2.75, 3.05) is 4.90 Å². The summed E-state index contributed by atoms with van der Waals surface area (Å²) >= 11 is 3.45. The molecule has 55 heavy (non-hydrogen) atoms. The molecule has 0 atom stereocenters. The molecule has 0 aliphatic heterocycles. The van der Waals surface area contributed by atoms with Crippen molar-refractivity contribution >= 4 is 92.7 Å². The van der Waals surface area contributed by atoms with Crippen molar-refractivity contribution < 1.29 is 0 Å². The van der Waals surface area contributed by atoms with Gasteiger partial charge in [0.05, 0.1) is 31.5 Å². The lowest BCUT2D eigenvalue weighted by Crippen LogP contribution is -2.09. The molecular formula is C48H29N5S2. The lowest BCUT2D eigenvalue weighted by molar-refractivity contribution is 1.29. The number of rotatable bonds is 6. The number of fused-ring (bicyclic) bond motifs is 6. The molecule has 0 saturated heterocycles. The second-order valence-electron chi connectivity index (χ2n) is 13.6. The van der Waals surface area contributed by atoms with Gasteiger partial charge in [-0.15, -0.1) is 22.7 Å². The zero-order valence-corrected chi connectivity index (χ0v) is 30.9. The largest absolute Gasteiger partial charge is 0.310 e. The van der Waals surface area contributed by atoms with Gasteiger partial charge < -0.3 is 4.90 Å². The van der Waals surface area contributed by atoms with Gasteiger partial charge in [0.15, 0.2) is 0 Å². The van der Waals surface area contributed by atoms with Gasteiger partial charge in [-0.1, -0.05) is 60.7 Å². The van der Waals surface area contributed by atoms with Gasteiger partial charge in [0.1, 0.15) is 10.0 Å². The van der Waals surface area contributed by atoms with Crippen molar-refractivity contribution in [3.05, 3.63) is 176 Å². The fraction of sp³-hybridized carbons (Fsp3) is 0. The lowest BCUT2D eigenvalue weighted by atomic mass is 10.00. The average molecular weight is 740 g/mol. The summed E-state index contributed by atoms with van der Waals surface area (Å²) in [5.74, 6) is 0. The zero-order valence-electron chi connectivity index (χ0n) is 29.3. The van der Waals surface area contributed by atoms with Crippen LogP contribution in [0.1, 0.15) is 0 Å². The number of anilines is 3. The molecule has 0 aliphatic rings. The number of thiazole rings is 2. The molecule has 11 aromatic rings. The normalized spacial score (nSPS) is 11.6. The Kier molecular flexibility index (Phi) is 7.46. The molecule has 0 radical (unpaired) electrons. The van der Waals surface area contributed by atoms with Crippen LogP contribution in [-0.4, -0.2) is 19.9 Å². The molecule has 7 aromatic carbocycles. The Bertz CT molecular complexity index is 3040. The molecule has 5 nitrogen and oxygen atoms in total. The number of pyridine rings is 2. The Morgan fingerprint density at radius 3 is 1.58 bits per heavy atom. The average Bonchev–Trinajstić information content (AvgIpc) is 3.89.